The van der Waals surface area contributed by atoms with E-state index in [0.29, 0.717) is 6.42 Å². The van der Waals surface area contributed by atoms with Gasteiger partial charge in [-0.3, -0.25) is 28.9 Å². The smallest absolute Gasteiger partial charge is 0.329 e. The number of fused-ring (bicyclic) bond motifs is 1. The molecule has 1 aromatic carbocycles. The average Bonchev–Trinajstić information content (AvgIpc) is 3.04. The molecule has 0 spiro atoms. The number of aryl methyl sites for hydroxylation is 2. The summed E-state index contributed by atoms with van der Waals surface area (Å²) in [6, 6.07) is 5.24. The van der Waals surface area contributed by atoms with Gasteiger partial charge in [0.1, 0.15) is 6.04 Å². The highest BCUT2D eigenvalue weighted by molar-refractivity contribution is 6.00. The molecule has 174 valence electrons. The van der Waals surface area contributed by atoms with Gasteiger partial charge in [0, 0.05) is 26.6 Å². The highest BCUT2D eigenvalue weighted by Gasteiger charge is 2.31. The third-order valence-corrected chi connectivity index (χ3v) is 6.57. The van der Waals surface area contributed by atoms with E-state index in [1.54, 1.807) is 16.2 Å². The van der Waals surface area contributed by atoms with E-state index in [4.69, 9.17) is 4.74 Å². The fourth-order valence-electron chi connectivity index (χ4n) is 4.91. The summed E-state index contributed by atoms with van der Waals surface area (Å²) < 4.78 is 9.05. The fourth-order valence-corrected chi connectivity index (χ4v) is 4.91. The lowest BCUT2D eigenvalue weighted by Gasteiger charge is -2.33. The predicted octanol–water partition coefficient (Wildman–Crippen LogP) is 0.561. The van der Waals surface area contributed by atoms with Crippen LogP contribution in [0.1, 0.15) is 37.3 Å². The number of rotatable bonds is 8. The van der Waals surface area contributed by atoms with Gasteiger partial charge in [-0.05, 0) is 57.5 Å². The number of carbonyl (C=O) groups excluding carboxylic acids is 2. The number of nitrogens with one attached hydrogen (secondary N) is 2. The van der Waals surface area contributed by atoms with E-state index in [1.165, 1.54) is 0 Å². The minimum absolute atomic E-state index is 0.220. The molecule has 4 rings (SSSR count). The van der Waals surface area contributed by atoms with Crippen molar-refractivity contribution < 1.29 is 14.3 Å². The van der Waals surface area contributed by atoms with E-state index in [2.05, 4.69) is 21.6 Å². The molecule has 0 radical (unpaired) electrons. The van der Waals surface area contributed by atoms with Gasteiger partial charge < -0.3 is 10.1 Å². The van der Waals surface area contributed by atoms with E-state index >= 15 is 0 Å². The van der Waals surface area contributed by atoms with Crippen molar-refractivity contribution in [2.45, 2.75) is 44.2 Å². The van der Waals surface area contributed by atoms with Crippen LogP contribution in [0.25, 0.3) is 11.0 Å². The van der Waals surface area contributed by atoms with Crippen LogP contribution in [0.15, 0.2) is 23.0 Å². The highest BCUT2D eigenvalue weighted by atomic mass is 16.5. The maximum Gasteiger partial charge on any atom is 0.329 e. The molecule has 2 unspecified atom stereocenters. The lowest BCUT2D eigenvalue weighted by Crippen LogP contribution is -2.44. The number of hydrogen-bond acceptors (Lipinski definition) is 6. The number of benzene rings is 1. The Bertz CT molecular complexity index is 1040. The Kier molecular flexibility index (Phi) is 7.07. The molecule has 2 atom stereocenters. The van der Waals surface area contributed by atoms with Gasteiger partial charge in [0.05, 0.1) is 23.7 Å². The summed E-state index contributed by atoms with van der Waals surface area (Å²) in [5, 5.41) is 5.55. The summed E-state index contributed by atoms with van der Waals surface area (Å²) in [6.45, 7) is 4.62. The summed E-state index contributed by atoms with van der Waals surface area (Å²) in [7, 11) is 3.72. The molecule has 2 aliphatic heterocycles. The molecule has 2 amide bonds. The van der Waals surface area contributed by atoms with Crippen molar-refractivity contribution >= 4 is 22.8 Å². The molecule has 9 nitrogen and oxygen atoms in total. The first-order valence-corrected chi connectivity index (χ1v) is 11.5. The number of ether oxygens (including phenoxy) is 1. The van der Waals surface area contributed by atoms with E-state index in [-0.39, 0.29) is 24.1 Å². The van der Waals surface area contributed by atoms with E-state index < -0.39 is 11.9 Å². The number of nitrogens with zero attached hydrogens (tertiary/aromatic N) is 3. The van der Waals surface area contributed by atoms with Crippen molar-refractivity contribution in [1.29, 1.82) is 0 Å². The SMILES string of the molecule is CNCCC1CN(CCCc2cccc3c2n(C)c(=O)n3C2CCC(=O)NC2=O)CCO1. The zero-order valence-electron chi connectivity index (χ0n) is 18.9. The van der Waals surface area contributed by atoms with Gasteiger partial charge in [-0.1, -0.05) is 12.1 Å². The van der Waals surface area contributed by atoms with E-state index in [9.17, 15) is 14.4 Å². The molecular formula is C23H33N5O4. The first-order valence-electron chi connectivity index (χ1n) is 11.5. The number of imidazole rings is 1. The van der Waals surface area contributed by atoms with E-state index in [1.807, 2.05) is 19.2 Å². The van der Waals surface area contributed by atoms with Crippen LogP contribution >= 0.6 is 0 Å². The van der Waals surface area contributed by atoms with Gasteiger partial charge in [-0.15, -0.1) is 0 Å². The number of aromatic nitrogens is 2. The summed E-state index contributed by atoms with van der Waals surface area (Å²) in [6.07, 6.45) is 3.72. The summed E-state index contributed by atoms with van der Waals surface area (Å²) in [5.74, 6) is -0.682. The van der Waals surface area contributed by atoms with Crippen LogP contribution in [0.5, 0.6) is 0 Å². The van der Waals surface area contributed by atoms with E-state index in [0.717, 1.165) is 68.6 Å². The standard InChI is InChI=1S/C23H33N5O4/c1-24-11-10-17-15-27(13-14-32-17)12-4-6-16-5-3-7-18-21(16)26(2)23(31)28(18)19-8-9-20(29)25-22(19)30/h3,5,7,17,19,24H,4,6,8-15H2,1-2H3,(H,25,29,30). The largest absolute Gasteiger partial charge is 0.376 e. The van der Waals surface area contributed by atoms with Gasteiger partial charge in [0.15, 0.2) is 0 Å². The highest BCUT2D eigenvalue weighted by Crippen LogP contribution is 2.25. The lowest BCUT2D eigenvalue weighted by molar-refractivity contribution is -0.135. The van der Waals surface area contributed by atoms with Crippen molar-refractivity contribution in [3.63, 3.8) is 0 Å². The molecule has 2 N–H and O–H groups in total. The Hall–Kier alpha value is -2.49. The van der Waals surface area contributed by atoms with Crippen molar-refractivity contribution in [2.24, 2.45) is 7.05 Å². The van der Waals surface area contributed by atoms with Crippen LogP contribution in [0, 0.1) is 0 Å². The second kappa shape index (κ2) is 9.97. The first-order chi connectivity index (χ1) is 15.5. The Balaban J connectivity index is 1.48. The van der Waals surface area contributed by atoms with Gasteiger partial charge in [-0.2, -0.15) is 0 Å². The van der Waals surface area contributed by atoms with Crippen LogP contribution in [-0.2, 0) is 27.8 Å². The Morgan fingerprint density at radius 1 is 1.25 bits per heavy atom. The zero-order chi connectivity index (χ0) is 22.7. The Labute approximate surface area is 187 Å². The first kappa shape index (κ1) is 22.7. The van der Waals surface area contributed by atoms with Gasteiger partial charge in [0.2, 0.25) is 11.8 Å². The number of carbonyl (C=O) groups is 2. The third-order valence-electron chi connectivity index (χ3n) is 6.57. The Morgan fingerprint density at radius 2 is 2.09 bits per heavy atom. The van der Waals surface area contributed by atoms with Crippen LogP contribution < -0.4 is 16.3 Å². The van der Waals surface area contributed by atoms with Crippen molar-refractivity contribution in [3.8, 4) is 0 Å². The third kappa shape index (κ3) is 4.65. The number of amides is 2. The van der Waals surface area contributed by atoms with Crippen LogP contribution in [-0.4, -0.2) is 71.8 Å². The van der Waals surface area contributed by atoms with Crippen LogP contribution in [0.4, 0.5) is 0 Å². The number of morpholine rings is 1. The van der Waals surface area contributed by atoms with Gasteiger partial charge in [0.25, 0.3) is 0 Å². The molecular weight excluding hydrogens is 410 g/mol. The molecule has 0 bridgehead atoms. The number of imide groups is 1. The average molecular weight is 444 g/mol. The maximum absolute atomic E-state index is 13.0. The second-order valence-electron chi connectivity index (χ2n) is 8.75. The lowest BCUT2D eigenvalue weighted by atomic mass is 10.0. The molecule has 2 fully saturated rings. The normalized spacial score (nSPS) is 22.4. The summed E-state index contributed by atoms with van der Waals surface area (Å²) in [4.78, 5) is 39.5. The fraction of sp³-hybridized carbons (Fsp3) is 0.609. The van der Waals surface area contributed by atoms with Gasteiger partial charge >= 0.3 is 5.69 Å². The monoisotopic (exact) mass is 443 g/mol. The molecule has 3 heterocycles. The van der Waals surface area contributed by atoms with Crippen molar-refractivity contribution in [3.05, 3.63) is 34.2 Å². The topological polar surface area (TPSA) is 97.6 Å². The zero-order valence-corrected chi connectivity index (χ0v) is 18.9. The Morgan fingerprint density at radius 3 is 2.88 bits per heavy atom. The van der Waals surface area contributed by atoms with Crippen molar-refractivity contribution in [2.75, 3.05) is 39.8 Å². The minimum Gasteiger partial charge on any atom is -0.376 e. The number of piperidine rings is 1. The van der Waals surface area contributed by atoms with Crippen LogP contribution in [0.2, 0.25) is 0 Å². The summed E-state index contributed by atoms with van der Waals surface area (Å²) in [5.41, 5.74) is 2.51. The number of hydrogen-bond donors (Lipinski definition) is 2. The maximum atomic E-state index is 13.0. The minimum atomic E-state index is -0.651. The number of para-hydroxylation sites is 1. The molecule has 9 heteroatoms. The van der Waals surface area contributed by atoms with Gasteiger partial charge in [-0.25, -0.2) is 4.79 Å². The molecule has 2 aliphatic rings. The molecule has 0 saturated carbocycles. The molecule has 2 aromatic rings. The summed E-state index contributed by atoms with van der Waals surface area (Å²) >= 11 is 0. The molecule has 32 heavy (non-hydrogen) atoms. The quantitative estimate of drug-likeness (QED) is 0.579. The molecule has 1 aromatic heterocycles. The van der Waals surface area contributed by atoms with Crippen molar-refractivity contribution in [1.82, 2.24) is 24.7 Å². The van der Waals surface area contributed by atoms with Crippen LogP contribution in [0.3, 0.4) is 0 Å². The molecule has 0 aliphatic carbocycles. The second-order valence-corrected chi connectivity index (χ2v) is 8.75. The predicted molar refractivity (Wildman–Crippen MR) is 122 cm³/mol. The molecule has 2 saturated heterocycles.